The number of hydrogen-bond donors (Lipinski definition) is 2. The summed E-state index contributed by atoms with van der Waals surface area (Å²) in [6.45, 7) is 1.06. The van der Waals surface area contributed by atoms with Crippen molar-refractivity contribution in [2.24, 2.45) is 0 Å². The van der Waals surface area contributed by atoms with Crippen molar-refractivity contribution in [1.29, 1.82) is 0 Å². The Bertz CT molecular complexity index is 152. The molecule has 4 nitrogen and oxygen atoms in total. The van der Waals surface area contributed by atoms with Gasteiger partial charge in [-0.1, -0.05) is 6.92 Å². The maximum atomic E-state index is 12.2. The average Bonchev–Trinajstić information content (AvgIpc) is 1.98. The van der Waals surface area contributed by atoms with Crippen LogP contribution >= 0.6 is 0 Å². The average molecular weight is 183 g/mol. The lowest BCUT2D eigenvalue weighted by Gasteiger charge is -2.11. The molecule has 0 rings (SSSR count). The summed E-state index contributed by atoms with van der Waals surface area (Å²) in [5, 5.41) is 7.95. The third-order valence-electron chi connectivity index (χ3n) is 1.02. The minimum absolute atomic E-state index is 0.274. The lowest BCUT2D eigenvalue weighted by Crippen LogP contribution is -2.39. The van der Waals surface area contributed by atoms with E-state index in [9.17, 15) is 13.6 Å². The van der Waals surface area contributed by atoms with Crippen LogP contribution in [0.25, 0.3) is 0 Å². The molecular weight excluding hydrogens is 172 g/mol. The predicted molar refractivity (Wildman–Crippen MR) is 36.8 cm³/mol. The first-order valence-corrected chi connectivity index (χ1v) is 3.46. The van der Waals surface area contributed by atoms with Gasteiger partial charge in [0.05, 0.1) is 13.2 Å². The summed E-state index contributed by atoms with van der Waals surface area (Å²) in [6, 6.07) is 0. The number of rotatable bonds is 6. The van der Waals surface area contributed by atoms with Crippen molar-refractivity contribution >= 4 is 5.97 Å². The Morgan fingerprint density at radius 1 is 1.67 bits per heavy atom. The molecule has 0 spiro atoms. The summed E-state index contributed by atoms with van der Waals surface area (Å²) >= 11 is 0. The zero-order valence-corrected chi connectivity index (χ0v) is 6.64. The summed E-state index contributed by atoms with van der Waals surface area (Å²) < 4.78 is 24.5. The number of hydroxylamine groups is 1. The molecule has 0 fully saturated rings. The molecule has 0 aliphatic rings. The van der Waals surface area contributed by atoms with Gasteiger partial charge in [-0.2, -0.15) is 14.3 Å². The summed E-state index contributed by atoms with van der Waals surface area (Å²) in [4.78, 5) is 14.3. The van der Waals surface area contributed by atoms with Crippen molar-refractivity contribution in [3.05, 3.63) is 0 Å². The highest BCUT2D eigenvalue weighted by Gasteiger charge is 2.38. The van der Waals surface area contributed by atoms with E-state index in [2.05, 4.69) is 4.84 Å². The van der Waals surface area contributed by atoms with Gasteiger partial charge in [-0.15, -0.1) is 0 Å². The quantitative estimate of drug-likeness (QED) is 0.468. The Morgan fingerprint density at radius 2 is 2.25 bits per heavy atom. The van der Waals surface area contributed by atoms with Gasteiger partial charge in [0, 0.05) is 0 Å². The summed E-state index contributed by atoms with van der Waals surface area (Å²) in [5.41, 5.74) is 1.88. The number of hydrogen-bond acceptors (Lipinski definition) is 3. The minimum Gasteiger partial charge on any atom is -0.477 e. The van der Waals surface area contributed by atoms with Gasteiger partial charge < -0.3 is 9.94 Å². The second-order valence-electron chi connectivity index (χ2n) is 2.18. The molecule has 0 amide bonds. The van der Waals surface area contributed by atoms with Crippen LogP contribution in [0.1, 0.15) is 13.3 Å². The molecule has 12 heavy (non-hydrogen) atoms. The smallest absolute Gasteiger partial charge is 0.376 e. The highest BCUT2D eigenvalue weighted by atomic mass is 19.3. The maximum Gasteiger partial charge on any atom is 0.376 e. The predicted octanol–water partition coefficient (Wildman–Crippen LogP) is 0.637. The van der Waals surface area contributed by atoms with Crippen molar-refractivity contribution < 1.29 is 23.5 Å². The van der Waals surface area contributed by atoms with E-state index >= 15 is 0 Å². The molecule has 0 atom stereocenters. The normalized spacial score (nSPS) is 11.6. The van der Waals surface area contributed by atoms with E-state index in [0.29, 0.717) is 6.42 Å². The second-order valence-corrected chi connectivity index (χ2v) is 2.18. The Hall–Kier alpha value is -0.750. The molecule has 0 saturated heterocycles. The first-order chi connectivity index (χ1) is 5.50. The van der Waals surface area contributed by atoms with Gasteiger partial charge in [0.1, 0.15) is 0 Å². The number of nitrogens with one attached hydrogen (secondary N) is 1. The van der Waals surface area contributed by atoms with Crippen LogP contribution in [0, 0.1) is 0 Å². The highest BCUT2D eigenvalue weighted by molar-refractivity contribution is 5.75. The van der Waals surface area contributed by atoms with Gasteiger partial charge in [0.15, 0.2) is 0 Å². The van der Waals surface area contributed by atoms with Gasteiger partial charge in [0.2, 0.25) is 0 Å². The van der Waals surface area contributed by atoms with Crippen LogP contribution in [0.3, 0.4) is 0 Å². The number of carbonyl (C=O) groups is 1. The van der Waals surface area contributed by atoms with Crippen LogP contribution in [0.15, 0.2) is 0 Å². The molecule has 0 saturated carbocycles. The monoisotopic (exact) mass is 183 g/mol. The van der Waals surface area contributed by atoms with Gasteiger partial charge in [0.25, 0.3) is 0 Å². The third kappa shape index (κ3) is 4.20. The molecule has 2 N–H and O–H groups in total. The zero-order chi connectivity index (χ0) is 9.61. The standard InChI is InChI=1S/C6H11F2NO3/c1-2-3-12-9-4-6(7,8)5(10)11/h9H,2-4H2,1H3,(H,10,11). The van der Waals surface area contributed by atoms with Crippen LogP contribution in [-0.2, 0) is 9.63 Å². The van der Waals surface area contributed by atoms with Crippen LogP contribution in [0.5, 0.6) is 0 Å². The van der Waals surface area contributed by atoms with E-state index < -0.39 is 18.4 Å². The molecule has 6 heteroatoms. The zero-order valence-electron chi connectivity index (χ0n) is 6.64. The molecule has 0 aliphatic carbocycles. The molecule has 0 bridgehead atoms. The topological polar surface area (TPSA) is 58.6 Å². The maximum absolute atomic E-state index is 12.2. The molecule has 0 unspecified atom stereocenters. The van der Waals surface area contributed by atoms with E-state index in [1.54, 1.807) is 6.92 Å². The molecule has 0 aliphatic heterocycles. The SMILES string of the molecule is CCCONCC(F)(F)C(=O)O. The fraction of sp³-hybridized carbons (Fsp3) is 0.833. The van der Waals surface area contributed by atoms with Gasteiger partial charge in [-0.3, -0.25) is 0 Å². The van der Waals surface area contributed by atoms with Gasteiger partial charge in [-0.25, -0.2) is 4.79 Å². The molecular formula is C6H11F2NO3. The second kappa shape index (κ2) is 5.00. The Balaban J connectivity index is 3.54. The van der Waals surface area contributed by atoms with Gasteiger partial charge in [-0.05, 0) is 6.42 Å². The van der Waals surface area contributed by atoms with Gasteiger partial charge >= 0.3 is 11.9 Å². The van der Waals surface area contributed by atoms with Crippen molar-refractivity contribution in [3.63, 3.8) is 0 Å². The van der Waals surface area contributed by atoms with E-state index in [1.165, 1.54) is 0 Å². The molecule has 0 radical (unpaired) electrons. The highest BCUT2D eigenvalue weighted by Crippen LogP contribution is 2.11. The molecule has 0 aromatic heterocycles. The van der Waals surface area contributed by atoms with E-state index in [4.69, 9.17) is 5.11 Å². The van der Waals surface area contributed by atoms with E-state index in [-0.39, 0.29) is 6.61 Å². The van der Waals surface area contributed by atoms with Crippen LogP contribution in [0.4, 0.5) is 8.78 Å². The van der Waals surface area contributed by atoms with Crippen molar-refractivity contribution in [1.82, 2.24) is 5.48 Å². The first kappa shape index (κ1) is 11.2. The number of halogens is 2. The minimum atomic E-state index is -3.77. The number of carboxylic acids is 1. The summed E-state index contributed by atoms with van der Waals surface area (Å²) in [5.74, 6) is -5.93. The lowest BCUT2D eigenvalue weighted by molar-refractivity contribution is -0.167. The van der Waals surface area contributed by atoms with Crippen molar-refractivity contribution in [3.8, 4) is 0 Å². The number of aliphatic carboxylic acids is 1. The summed E-state index contributed by atoms with van der Waals surface area (Å²) in [7, 11) is 0. The number of alkyl halides is 2. The third-order valence-corrected chi connectivity index (χ3v) is 1.02. The fourth-order valence-corrected chi connectivity index (χ4v) is 0.392. The summed E-state index contributed by atoms with van der Waals surface area (Å²) in [6.07, 6.45) is 0.672. The molecule has 72 valence electrons. The first-order valence-electron chi connectivity index (χ1n) is 3.46. The van der Waals surface area contributed by atoms with Crippen LogP contribution in [-0.4, -0.2) is 30.2 Å². The molecule has 0 aromatic rings. The van der Waals surface area contributed by atoms with Crippen LogP contribution < -0.4 is 5.48 Å². The largest absolute Gasteiger partial charge is 0.477 e. The Labute approximate surface area is 68.5 Å². The van der Waals surface area contributed by atoms with Crippen molar-refractivity contribution in [2.45, 2.75) is 19.3 Å². The molecule has 0 aromatic carbocycles. The van der Waals surface area contributed by atoms with Crippen molar-refractivity contribution in [2.75, 3.05) is 13.2 Å². The van der Waals surface area contributed by atoms with E-state index in [1.807, 2.05) is 5.48 Å². The Kier molecular flexibility index (Phi) is 4.68. The fourth-order valence-electron chi connectivity index (χ4n) is 0.392. The molecule has 0 heterocycles. The lowest BCUT2D eigenvalue weighted by atomic mass is 10.3. The Morgan fingerprint density at radius 3 is 2.67 bits per heavy atom. The number of carboxylic acid groups (broad SMARTS) is 1. The van der Waals surface area contributed by atoms with E-state index in [0.717, 1.165) is 0 Å². The van der Waals surface area contributed by atoms with Crippen LogP contribution in [0.2, 0.25) is 0 Å².